The van der Waals surface area contributed by atoms with E-state index in [9.17, 15) is 4.79 Å². The fourth-order valence-electron chi connectivity index (χ4n) is 1.05. The van der Waals surface area contributed by atoms with E-state index in [4.69, 9.17) is 5.11 Å². The van der Waals surface area contributed by atoms with E-state index in [-0.39, 0.29) is 5.56 Å². The number of carboxylic acid groups (broad SMARTS) is 1. The summed E-state index contributed by atoms with van der Waals surface area (Å²) in [6.07, 6.45) is 0. The predicted octanol–water partition coefficient (Wildman–Crippen LogP) is 2.16. The second kappa shape index (κ2) is 3.23. The van der Waals surface area contributed by atoms with Gasteiger partial charge in [-0.1, -0.05) is 0 Å². The molecule has 0 saturated heterocycles. The number of pyridine rings is 1. The van der Waals surface area contributed by atoms with Crippen molar-refractivity contribution >= 4 is 21.9 Å². The summed E-state index contributed by atoms with van der Waals surface area (Å²) >= 11 is 3.11. The molecule has 0 spiro atoms. The van der Waals surface area contributed by atoms with Gasteiger partial charge in [-0.25, -0.2) is 9.78 Å². The molecule has 0 fully saturated rings. The van der Waals surface area contributed by atoms with Crippen molar-refractivity contribution in [3.05, 3.63) is 27.5 Å². The van der Waals surface area contributed by atoms with Crippen molar-refractivity contribution in [3.63, 3.8) is 0 Å². The molecule has 3 nitrogen and oxygen atoms in total. The molecule has 12 heavy (non-hydrogen) atoms. The molecule has 0 aliphatic rings. The molecule has 0 amide bonds. The smallest absolute Gasteiger partial charge is 0.338 e. The van der Waals surface area contributed by atoms with Gasteiger partial charge in [0.15, 0.2) is 0 Å². The minimum Gasteiger partial charge on any atom is -0.478 e. The van der Waals surface area contributed by atoms with Crippen molar-refractivity contribution in [2.24, 2.45) is 0 Å². The third-order valence-corrected chi connectivity index (χ3v) is 2.09. The van der Waals surface area contributed by atoms with Gasteiger partial charge in [-0.15, -0.1) is 0 Å². The maximum absolute atomic E-state index is 10.7. The lowest BCUT2D eigenvalue weighted by Crippen LogP contribution is -2.03. The van der Waals surface area contributed by atoms with Crippen molar-refractivity contribution in [1.82, 2.24) is 4.98 Å². The first-order valence-electron chi connectivity index (χ1n) is 3.39. The molecule has 0 saturated carbocycles. The minimum absolute atomic E-state index is 0.237. The van der Waals surface area contributed by atoms with Gasteiger partial charge >= 0.3 is 5.97 Å². The zero-order valence-electron chi connectivity index (χ0n) is 6.76. The number of hydrogen-bond donors (Lipinski definition) is 1. The molecule has 4 heteroatoms. The maximum atomic E-state index is 10.7. The molecule has 0 radical (unpaired) electrons. The Bertz CT molecular complexity index is 313. The molecule has 0 unspecified atom stereocenters. The number of rotatable bonds is 1. The van der Waals surface area contributed by atoms with Gasteiger partial charge in [-0.3, -0.25) is 0 Å². The molecule has 1 heterocycles. The molecule has 1 aromatic heterocycles. The van der Waals surface area contributed by atoms with Crippen molar-refractivity contribution < 1.29 is 9.90 Å². The van der Waals surface area contributed by atoms with Crippen LogP contribution in [0.25, 0.3) is 0 Å². The van der Waals surface area contributed by atoms with Crippen LogP contribution in [-0.4, -0.2) is 16.1 Å². The van der Waals surface area contributed by atoms with E-state index in [0.29, 0.717) is 4.60 Å². The average Bonchev–Trinajstić information content (AvgIpc) is 1.82. The largest absolute Gasteiger partial charge is 0.478 e. The Morgan fingerprint density at radius 1 is 1.58 bits per heavy atom. The standard InChI is InChI=1S/C8H8BrNO2/c1-4-3-5(2)10-7(9)6(4)8(11)12/h3H,1-2H3,(H,11,12). The Morgan fingerprint density at radius 3 is 2.58 bits per heavy atom. The molecule has 0 atom stereocenters. The highest BCUT2D eigenvalue weighted by atomic mass is 79.9. The van der Waals surface area contributed by atoms with Gasteiger partial charge in [0.2, 0.25) is 0 Å². The first kappa shape index (κ1) is 9.19. The summed E-state index contributed by atoms with van der Waals surface area (Å²) in [6, 6.07) is 1.74. The van der Waals surface area contributed by atoms with Crippen LogP contribution in [0, 0.1) is 13.8 Å². The number of nitrogens with zero attached hydrogens (tertiary/aromatic N) is 1. The van der Waals surface area contributed by atoms with Gasteiger partial charge in [0, 0.05) is 5.69 Å². The Labute approximate surface area is 78.6 Å². The molecule has 1 N–H and O–H groups in total. The van der Waals surface area contributed by atoms with E-state index in [1.165, 1.54) is 0 Å². The first-order valence-corrected chi connectivity index (χ1v) is 4.18. The quantitative estimate of drug-likeness (QED) is 0.752. The highest BCUT2D eigenvalue weighted by Crippen LogP contribution is 2.18. The molecule has 0 aliphatic heterocycles. The molecule has 1 aromatic rings. The minimum atomic E-state index is -0.952. The monoisotopic (exact) mass is 229 g/mol. The van der Waals surface area contributed by atoms with Crippen LogP contribution in [0.5, 0.6) is 0 Å². The van der Waals surface area contributed by atoms with Crippen LogP contribution >= 0.6 is 15.9 Å². The lowest BCUT2D eigenvalue weighted by atomic mass is 10.1. The number of carboxylic acids is 1. The molecule has 1 rings (SSSR count). The lowest BCUT2D eigenvalue weighted by Gasteiger charge is -2.03. The molecule has 0 aromatic carbocycles. The molecule has 64 valence electrons. The highest BCUT2D eigenvalue weighted by molar-refractivity contribution is 9.10. The fourth-order valence-corrected chi connectivity index (χ4v) is 1.81. The SMILES string of the molecule is Cc1cc(C)c(C(=O)O)c(Br)n1. The fraction of sp³-hybridized carbons (Fsp3) is 0.250. The summed E-state index contributed by atoms with van der Waals surface area (Å²) in [5, 5.41) is 8.77. The number of aromatic carboxylic acids is 1. The summed E-state index contributed by atoms with van der Waals surface area (Å²) in [5.74, 6) is -0.952. The van der Waals surface area contributed by atoms with Crippen LogP contribution in [0.4, 0.5) is 0 Å². The predicted molar refractivity (Wildman–Crippen MR) is 48.4 cm³/mol. The third-order valence-electron chi connectivity index (χ3n) is 1.51. The number of aryl methyl sites for hydroxylation is 2. The average molecular weight is 230 g/mol. The Kier molecular flexibility index (Phi) is 2.47. The van der Waals surface area contributed by atoms with E-state index in [1.54, 1.807) is 13.0 Å². The van der Waals surface area contributed by atoms with Crippen LogP contribution in [0.1, 0.15) is 21.6 Å². The second-order valence-corrected chi connectivity index (χ2v) is 3.30. The Morgan fingerprint density at radius 2 is 2.17 bits per heavy atom. The van der Waals surface area contributed by atoms with Crippen molar-refractivity contribution in [2.75, 3.05) is 0 Å². The molecule has 0 bridgehead atoms. The van der Waals surface area contributed by atoms with Crippen molar-refractivity contribution in [2.45, 2.75) is 13.8 Å². The van der Waals surface area contributed by atoms with Gasteiger partial charge in [0.1, 0.15) is 4.60 Å². The Hall–Kier alpha value is -0.900. The van der Waals surface area contributed by atoms with E-state index >= 15 is 0 Å². The summed E-state index contributed by atoms with van der Waals surface area (Å²) < 4.78 is 0.396. The van der Waals surface area contributed by atoms with Crippen LogP contribution in [0.3, 0.4) is 0 Å². The summed E-state index contributed by atoms with van der Waals surface area (Å²) in [5.41, 5.74) is 1.77. The number of hydrogen-bond acceptors (Lipinski definition) is 2. The van der Waals surface area contributed by atoms with Crippen molar-refractivity contribution in [3.8, 4) is 0 Å². The summed E-state index contributed by atoms with van der Waals surface area (Å²) in [6.45, 7) is 3.58. The second-order valence-electron chi connectivity index (χ2n) is 2.55. The van der Waals surface area contributed by atoms with Gasteiger partial charge in [-0.05, 0) is 41.4 Å². The van der Waals surface area contributed by atoms with Crippen molar-refractivity contribution in [1.29, 1.82) is 0 Å². The molecular formula is C8H8BrNO2. The van der Waals surface area contributed by atoms with Gasteiger partial charge in [0.25, 0.3) is 0 Å². The van der Waals surface area contributed by atoms with Gasteiger partial charge in [-0.2, -0.15) is 0 Å². The first-order chi connectivity index (χ1) is 5.52. The van der Waals surface area contributed by atoms with Crippen LogP contribution in [0.2, 0.25) is 0 Å². The van der Waals surface area contributed by atoms with E-state index in [1.807, 2.05) is 6.92 Å². The Balaban J connectivity index is 3.38. The summed E-state index contributed by atoms with van der Waals surface area (Å²) in [4.78, 5) is 14.7. The zero-order valence-corrected chi connectivity index (χ0v) is 8.34. The van der Waals surface area contributed by atoms with Gasteiger partial charge in [0.05, 0.1) is 5.56 Å². The van der Waals surface area contributed by atoms with Crippen LogP contribution < -0.4 is 0 Å². The van der Waals surface area contributed by atoms with Crippen LogP contribution in [0.15, 0.2) is 10.7 Å². The number of carbonyl (C=O) groups is 1. The lowest BCUT2D eigenvalue weighted by molar-refractivity contribution is 0.0694. The summed E-state index contributed by atoms with van der Waals surface area (Å²) in [7, 11) is 0. The van der Waals surface area contributed by atoms with Crippen LogP contribution in [-0.2, 0) is 0 Å². The topological polar surface area (TPSA) is 50.2 Å². The molecular weight excluding hydrogens is 222 g/mol. The number of aromatic nitrogens is 1. The van der Waals surface area contributed by atoms with E-state index in [0.717, 1.165) is 11.3 Å². The maximum Gasteiger partial charge on any atom is 0.338 e. The third kappa shape index (κ3) is 1.64. The normalized spacial score (nSPS) is 9.92. The molecule has 0 aliphatic carbocycles. The highest BCUT2D eigenvalue weighted by Gasteiger charge is 2.12. The number of halogens is 1. The van der Waals surface area contributed by atoms with E-state index in [2.05, 4.69) is 20.9 Å². The van der Waals surface area contributed by atoms with Gasteiger partial charge < -0.3 is 5.11 Å². The zero-order chi connectivity index (χ0) is 9.30. The van der Waals surface area contributed by atoms with E-state index < -0.39 is 5.97 Å².